The first-order valence-corrected chi connectivity index (χ1v) is 21.4. The van der Waals surface area contributed by atoms with Crippen LogP contribution in [0, 0.1) is 0 Å². The summed E-state index contributed by atoms with van der Waals surface area (Å²) < 4.78 is 15.5. The van der Waals surface area contributed by atoms with E-state index in [1.165, 1.54) is 21.8 Å². The van der Waals surface area contributed by atoms with Crippen LogP contribution in [0.4, 0.5) is 0 Å². The molecule has 0 saturated carbocycles. The van der Waals surface area contributed by atoms with Gasteiger partial charge in [0.05, 0.1) is 11.0 Å². The molecule has 1 unspecified atom stereocenters. The monoisotopic (exact) mass is 808 g/mol. The third kappa shape index (κ3) is 5.76. The minimum Gasteiger partial charge on any atom is -0.456 e. The zero-order valence-electron chi connectivity index (χ0n) is 33.9. The van der Waals surface area contributed by atoms with Gasteiger partial charge in [-0.05, 0) is 89.3 Å². The molecule has 0 bridgehead atoms. The van der Waals surface area contributed by atoms with Crippen LogP contribution in [0.2, 0.25) is 0 Å². The minimum absolute atomic E-state index is 0.128. The molecule has 0 fully saturated rings. The highest BCUT2D eigenvalue weighted by Gasteiger charge is 2.23. The van der Waals surface area contributed by atoms with Crippen LogP contribution in [0.5, 0.6) is 0 Å². The van der Waals surface area contributed by atoms with Crippen molar-refractivity contribution < 1.29 is 8.83 Å². The highest BCUT2D eigenvalue weighted by molar-refractivity contribution is 6.14. The summed E-state index contributed by atoms with van der Waals surface area (Å²) in [6.07, 6.45) is 5.19. The molecule has 0 spiro atoms. The van der Waals surface area contributed by atoms with E-state index in [2.05, 4.69) is 168 Å². The normalized spacial score (nSPS) is 13.7. The number of nitrogens with zero attached hydrogens (tertiary/aromatic N) is 4. The summed E-state index contributed by atoms with van der Waals surface area (Å²) in [7, 11) is 0. The van der Waals surface area contributed by atoms with E-state index in [4.69, 9.17) is 23.8 Å². The topological polar surface area (TPSA) is 69.9 Å². The number of rotatable bonds is 6. The minimum atomic E-state index is -0.128. The van der Waals surface area contributed by atoms with Crippen molar-refractivity contribution >= 4 is 66.9 Å². The van der Waals surface area contributed by atoms with Crippen molar-refractivity contribution in [3.8, 4) is 50.7 Å². The van der Waals surface area contributed by atoms with E-state index in [0.717, 1.165) is 89.0 Å². The third-order valence-corrected chi connectivity index (χ3v) is 12.6. The van der Waals surface area contributed by atoms with Gasteiger partial charge in [0.25, 0.3) is 0 Å². The van der Waals surface area contributed by atoms with E-state index < -0.39 is 0 Å². The standard InChI is InChI=1S/C57H36N4O2/c1-4-14-35(15-5-1)41-21-12-24-50-53(41)43-29-26-39(34-52(43)63-50)56-58-55(36-16-6-2-7-17-36)59-57(60-56)44-22-13-25-51-54(44)46-33-38(28-31-49(46)62-51)37-27-30-48-45(32-37)42-20-10-11-23-47(42)61(48)40-18-8-3-9-19-40/h1-25,27-34,39H,26H2. The zero-order chi connectivity index (χ0) is 41.4. The molecule has 0 radical (unpaired) electrons. The largest absolute Gasteiger partial charge is 0.456 e. The van der Waals surface area contributed by atoms with Crippen LogP contribution in [0.15, 0.2) is 197 Å². The molecule has 296 valence electrons. The number of hydrogen-bond acceptors (Lipinski definition) is 5. The van der Waals surface area contributed by atoms with Gasteiger partial charge in [0, 0.05) is 54.9 Å². The first-order valence-electron chi connectivity index (χ1n) is 21.4. The molecule has 8 aromatic carbocycles. The lowest BCUT2D eigenvalue weighted by Gasteiger charge is -2.14. The molecule has 4 heterocycles. The molecule has 0 amide bonds. The van der Waals surface area contributed by atoms with Crippen LogP contribution < -0.4 is 10.6 Å². The molecule has 0 saturated heterocycles. The highest BCUT2D eigenvalue weighted by Crippen LogP contribution is 2.40. The Bertz CT molecular complexity index is 3890. The molecular weight excluding hydrogens is 773 g/mol. The van der Waals surface area contributed by atoms with Gasteiger partial charge in [-0.3, -0.25) is 0 Å². The lowest BCUT2D eigenvalue weighted by Crippen LogP contribution is -2.26. The molecule has 6 heteroatoms. The summed E-state index contributed by atoms with van der Waals surface area (Å²) in [6.45, 7) is 0. The molecule has 1 aliphatic rings. The molecule has 13 rings (SSSR count). The van der Waals surface area contributed by atoms with Gasteiger partial charge in [0.1, 0.15) is 28.0 Å². The zero-order valence-corrected chi connectivity index (χ0v) is 33.9. The summed E-state index contributed by atoms with van der Waals surface area (Å²) in [4.78, 5) is 15.6. The van der Waals surface area contributed by atoms with Gasteiger partial charge in [-0.25, -0.2) is 15.0 Å². The molecule has 0 N–H and O–H groups in total. The van der Waals surface area contributed by atoms with Gasteiger partial charge in [-0.1, -0.05) is 140 Å². The Morgan fingerprint density at radius 3 is 1.90 bits per heavy atom. The van der Waals surface area contributed by atoms with Crippen molar-refractivity contribution in [2.45, 2.75) is 12.3 Å². The second-order valence-corrected chi connectivity index (χ2v) is 16.3. The van der Waals surface area contributed by atoms with Gasteiger partial charge in [0.15, 0.2) is 11.6 Å². The summed E-state index contributed by atoms with van der Waals surface area (Å²) in [6, 6.07) is 65.6. The van der Waals surface area contributed by atoms with E-state index in [1.807, 2.05) is 36.4 Å². The van der Waals surface area contributed by atoms with Crippen molar-refractivity contribution in [3.63, 3.8) is 0 Å². The number of hydrogen-bond donors (Lipinski definition) is 0. The third-order valence-electron chi connectivity index (χ3n) is 12.6. The predicted octanol–water partition coefficient (Wildman–Crippen LogP) is 13.0. The number of benzene rings is 8. The van der Waals surface area contributed by atoms with Crippen LogP contribution >= 0.6 is 0 Å². The van der Waals surface area contributed by atoms with Crippen molar-refractivity contribution in [3.05, 3.63) is 205 Å². The fraction of sp³-hybridized carbons (Fsp3) is 0.0351. The summed E-state index contributed by atoms with van der Waals surface area (Å²) in [5.74, 6) is 1.79. The lowest BCUT2D eigenvalue weighted by atomic mass is 9.95. The highest BCUT2D eigenvalue weighted by atomic mass is 16.3. The van der Waals surface area contributed by atoms with Crippen molar-refractivity contribution in [2.24, 2.45) is 0 Å². The Morgan fingerprint density at radius 1 is 0.444 bits per heavy atom. The van der Waals surface area contributed by atoms with Gasteiger partial charge in [-0.15, -0.1) is 0 Å². The van der Waals surface area contributed by atoms with E-state index in [9.17, 15) is 0 Å². The molecule has 1 atom stereocenters. The van der Waals surface area contributed by atoms with Crippen molar-refractivity contribution in [1.82, 2.24) is 19.5 Å². The number of fused-ring (bicyclic) bond motifs is 9. The Labute approximate surface area is 361 Å². The Morgan fingerprint density at radius 2 is 1.10 bits per heavy atom. The van der Waals surface area contributed by atoms with E-state index in [-0.39, 0.29) is 5.92 Å². The second kappa shape index (κ2) is 14.1. The fourth-order valence-electron chi connectivity index (χ4n) is 9.65. The van der Waals surface area contributed by atoms with Gasteiger partial charge in [-0.2, -0.15) is 0 Å². The van der Waals surface area contributed by atoms with Crippen molar-refractivity contribution in [2.75, 3.05) is 0 Å². The second-order valence-electron chi connectivity index (χ2n) is 16.3. The van der Waals surface area contributed by atoms with E-state index in [0.29, 0.717) is 17.5 Å². The molecule has 0 aliphatic heterocycles. The van der Waals surface area contributed by atoms with Gasteiger partial charge >= 0.3 is 0 Å². The van der Waals surface area contributed by atoms with Crippen molar-refractivity contribution in [1.29, 1.82) is 0 Å². The summed E-state index contributed by atoms with van der Waals surface area (Å²) >= 11 is 0. The summed E-state index contributed by atoms with van der Waals surface area (Å²) in [5, 5.41) is 6.65. The molecule has 6 nitrogen and oxygen atoms in total. The molecule has 63 heavy (non-hydrogen) atoms. The first kappa shape index (κ1) is 35.4. The van der Waals surface area contributed by atoms with Crippen LogP contribution in [0.25, 0.3) is 118 Å². The SMILES string of the molecule is C1=c2oc3cccc(-c4ccccc4)c3c2=CCC1c1nc(-c2ccccc2)nc(-c2cccc3oc4ccc(-c5ccc6c(c5)c5ccccc5n6-c5ccccc5)cc4c23)n1. The average Bonchev–Trinajstić information content (AvgIpc) is 4.03. The quantitative estimate of drug-likeness (QED) is 0.167. The fourth-order valence-corrected chi connectivity index (χ4v) is 9.65. The number of para-hydroxylation sites is 2. The van der Waals surface area contributed by atoms with Gasteiger partial charge in [0.2, 0.25) is 0 Å². The maximum atomic E-state index is 6.57. The Hall–Kier alpha value is -8.35. The van der Waals surface area contributed by atoms with E-state index >= 15 is 0 Å². The van der Waals surface area contributed by atoms with Crippen LogP contribution in [0.1, 0.15) is 18.2 Å². The van der Waals surface area contributed by atoms with Crippen LogP contribution in [-0.2, 0) is 0 Å². The predicted molar refractivity (Wildman–Crippen MR) is 255 cm³/mol. The lowest BCUT2D eigenvalue weighted by molar-refractivity contribution is 0.568. The van der Waals surface area contributed by atoms with E-state index in [1.54, 1.807) is 0 Å². The average molecular weight is 809 g/mol. The molecule has 4 aromatic heterocycles. The smallest absolute Gasteiger partial charge is 0.164 e. The number of furan rings is 2. The Kier molecular flexibility index (Phi) is 7.93. The molecular formula is C57H36N4O2. The molecule has 1 aliphatic carbocycles. The van der Waals surface area contributed by atoms with Gasteiger partial charge < -0.3 is 13.4 Å². The molecule has 12 aromatic rings. The Balaban J connectivity index is 0.957. The maximum absolute atomic E-state index is 6.57. The number of aromatic nitrogens is 4. The van der Waals surface area contributed by atoms with Crippen LogP contribution in [-0.4, -0.2) is 19.5 Å². The maximum Gasteiger partial charge on any atom is 0.164 e. The first-order chi connectivity index (χ1) is 31.2. The van der Waals surface area contributed by atoms with Crippen LogP contribution in [0.3, 0.4) is 0 Å². The summed E-state index contributed by atoms with van der Waals surface area (Å²) in [5.41, 5.74) is 13.2.